The molecule has 246 valence electrons. The number of alkyl halides is 1. The Morgan fingerprint density at radius 1 is 0.938 bits per heavy atom. The number of pyridine rings is 2. The highest BCUT2D eigenvalue weighted by Crippen LogP contribution is 2.35. The van der Waals surface area contributed by atoms with Gasteiger partial charge in [0.05, 0.1) is 39.0 Å². The van der Waals surface area contributed by atoms with Crippen LogP contribution < -0.4 is 20.6 Å². The number of ether oxygens (including phenoxy) is 4. The lowest BCUT2D eigenvalue weighted by atomic mass is 9.97. The lowest BCUT2D eigenvalue weighted by Gasteiger charge is -2.23. The van der Waals surface area contributed by atoms with Crippen molar-refractivity contribution in [1.29, 1.82) is 0 Å². The van der Waals surface area contributed by atoms with Crippen LogP contribution in [0.5, 0.6) is 11.5 Å². The Kier molecular flexibility index (Phi) is 10.2. The molecule has 1 aliphatic heterocycles. The van der Waals surface area contributed by atoms with Crippen molar-refractivity contribution in [2.45, 2.75) is 19.1 Å². The number of hydrogen-bond acceptors (Lipinski definition) is 8. The molecule has 9 nitrogen and oxygen atoms in total. The largest absolute Gasteiger partial charge is 0.493 e. The molecule has 0 spiro atoms. The molecule has 6 rings (SSSR count). The number of anilines is 1. The van der Waals surface area contributed by atoms with Crippen LogP contribution in [0.4, 0.5) is 10.2 Å². The molecule has 0 amide bonds. The molecule has 3 heterocycles. The highest BCUT2D eigenvalue weighted by molar-refractivity contribution is 5.98. The Balaban J connectivity index is 1.20. The summed E-state index contributed by atoms with van der Waals surface area (Å²) in [5.74, 6) is 1.18. The topological polar surface area (TPSA) is 115 Å². The van der Waals surface area contributed by atoms with E-state index in [2.05, 4.69) is 4.98 Å². The minimum Gasteiger partial charge on any atom is -0.493 e. The van der Waals surface area contributed by atoms with Gasteiger partial charge in [0.2, 0.25) is 0 Å². The number of carbonyl (C=O) groups excluding carboxylic acids is 1. The number of nitrogens with two attached hydrogens (primary N) is 1. The summed E-state index contributed by atoms with van der Waals surface area (Å²) >= 11 is 0. The predicted molar refractivity (Wildman–Crippen MR) is 182 cm³/mol. The molecule has 1 fully saturated rings. The number of aryl methyl sites for hydroxylation is 1. The Labute approximate surface area is 277 Å². The van der Waals surface area contributed by atoms with Crippen LogP contribution in [0.25, 0.3) is 33.4 Å². The summed E-state index contributed by atoms with van der Waals surface area (Å²) in [6.07, 6.45) is 4.61. The van der Waals surface area contributed by atoms with Crippen molar-refractivity contribution in [3.05, 3.63) is 119 Å². The van der Waals surface area contributed by atoms with Gasteiger partial charge in [0.1, 0.15) is 25.2 Å². The van der Waals surface area contributed by atoms with E-state index >= 15 is 0 Å². The van der Waals surface area contributed by atoms with Crippen LogP contribution in [0.3, 0.4) is 0 Å². The number of nitrogens with zero attached hydrogens (tertiary/aromatic N) is 2. The molecule has 0 saturated carbocycles. The number of rotatable bonds is 12. The molecule has 0 aliphatic carbocycles. The molecule has 0 radical (unpaired) electrons. The number of nitrogen functional groups attached to an aromatic ring is 1. The van der Waals surface area contributed by atoms with Gasteiger partial charge in [0.25, 0.3) is 0 Å². The second-order valence-corrected chi connectivity index (χ2v) is 11.4. The zero-order valence-electron chi connectivity index (χ0n) is 26.6. The van der Waals surface area contributed by atoms with E-state index in [-0.39, 0.29) is 35.8 Å². The third kappa shape index (κ3) is 7.46. The van der Waals surface area contributed by atoms with E-state index in [0.29, 0.717) is 54.9 Å². The van der Waals surface area contributed by atoms with Crippen LogP contribution in [0.1, 0.15) is 15.9 Å². The summed E-state index contributed by atoms with van der Waals surface area (Å²) in [5.41, 5.74) is 10.9. The number of carbonyl (C=O) groups is 1. The molecule has 5 aromatic rings. The average Bonchev–Trinajstić information content (AvgIpc) is 3.13. The fraction of sp³-hybridized carbons (Fsp3) is 0.237. The van der Waals surface area contributed by atoms with Crippen molar-refractivity contribution < 1.29 is 28.1 Å². The van der Waals surface area contributed by atoms with E-state index in [1.165, 1.54) is 6.20 Å². The Bertz CT molecular complexity index is 1940. The molecule has 0 unspecified atom stereocenters. The summed E-state index contributed by atoms with van der Waals surface area (Å²) in [6, 6.07) is 24.1. The Hall–Kier alpha value is -5.32. The molecule has 1 aliphatic rings. The maximum absolute atomic E-state index is 13.4. The summed E-state index contributed by atoms with van der Waals surface area (Å²) in [5, 5.41) is 0. The quantitative estimate of drug-likeness (QED) is 0.163. The van der Waals surface area contributed by atoms with Crippen LogP contribution in [0.2, 0.25) is 0 Å². The minimum atomic E-state index is -0.620. The van der Waals surface area contributed by atoms with Crippen LogP contribution in [-0.4, -0.2) is 61.7 Å². The number of ketones is 1. The van der Waals surface area contributed by atoms with E-state index in [0.717, 1.165) is 27.8 Å². The summed E-state index contributed by atoms with van der Waals surface area (Å²) < 4.78 is 37.5. The number of aromatic nitrogens is 2. The lowest BCUT2D eigenvalue weighted by Crippen LogP contribution is -2.33. The molecule has 1 atom stereocenters. The van der Waals surface area contributed by atoms with Crippen molar-refractivity contribution in [1.82, 2.24) is 9.55 Å². The van der Waals surface area contributed by atoms with Gasteiger partial charge >= 0.3 is 0 Å². The van der Waals surface area contributed by atoms with E-state index in [4.69, 9.17) is 24.7 Å². The number of benzene rings is 3. The first-order valence-electron chi connectivity index (χ1n) is 15.7. The number of halogens is 1. The summed E-state index contributed by atoms with van der Waals surface area (Å²) in [7, 11) is 1.59. The molecule has 1 saturated heterocycles. The summed E-state index contributed by atoms with van der Waals surface area (Å²) in [4.78, 5) is 31.2. The summed E-state index contributed by atoms with van der Waals surface area (Å²) in [6.45, 7) is 1.40. The number of hydrogen-bond donors (Lipinski definition) is 1. The first kappa shape index (κ1) is 32.6. The second-order valence-electron chi connectivity index (χ2n) is 11.4. The highest BCUT2D eigenvalue weighted by atomic mass is 19.1. The van der Waals surface area contributed by atoms with Gasteiger partial charge in [-0.25, -0.2) is 9.37 Å². The molecular weight excluding hydrogens is 613 g/mol. The average molecular weight is 650 g/mol. The SMILES string of the molecule is COc1cc(-c2cnc(N)c(-c3ccc(CC(=O)c4cn(CCF)cc(-c5ccccc5)c4=O)cc3)c2)ccc1OC[C@H]1COCCO1. The minimum absolute atomic E-state index is 0.00523. The Morgan fingerprint density at radius 2 is 1.71 bits per heavy atom. The van der Waals surface area contributed by atoms with Crippen LogP contribution in [0.15, 0.2) is 102 Å². The molecule has 0 bridgehead atoms. The predicted octanol–water partition coefficient (Wildman–Crippen LogP) is 6.02. The first-order chi connectivity index (χ1) is 23.4. The van der Waals surface area contributed by atoms with E-state index in [9.17, 15) is 14.0 Å². The molecule has 10 heteroatoms. The smallest absolute Gasteiger partial charge is 0.200 e. The van der Waals surface area contributed by atoms with E-state index in [1.54, 1.807) is 36.2 Å². The fourth-order valence-corrected chi connectivity index (χ4v) is 5.61. The third-order valence-electron chi connectivity index (χ3n) is 8.16. The monoisotopic (exact) mass is 649 g/mol. The van der Waals surface area contributed by atoms with Crippen molar-refractivity contribution in [3.63, 3.8) is 0 Å². The molecular formula is C38H36FN3O6. The fourth-order valence-electron chi connectivity index (χ4n) is 5.61. The normalized spacial score (nSPS) is 14.4. The van der Waals surface area contributed by atoms with Gasteiger partial charge in [-0.2, -0.15) is 0 Å². The number of Topliss-reactive ketones (excluding diaryl/α,β-unsaturated/α-hetero) is 1. The molecule has 48 heavy (non-hydrogen) atoms. The Morgan fingerprint density at radius 3 is 2.44 bits per heavy atom. The highest BCUT2D eigenvalue weighted by Gasteiger charge is 2.19. The standard InChI is InChI=1S/C38H36FN3O6/c1-45-36-19-28(11-12-35(36)48-24-30-23-46-15-16-47-30)29-18-31(38(40)41-20-29)27-9-7-25(8-10-27)17-34(43)33-22-42(14-13-39)21-32(37(33)44)26-5-3-2-4-6-26/h2-12,18-22,30H,13-17,23-24H2,1H3,(H2,40,41)/t30-/m1/s1. The first-order valence-corrected chi connectivity index (χ1v) is 15.7. The van der Waals surface area contributed by atoms with Gasteiger partial charge in [0, 0.05) is 41.7 Å². The van der Waals surface area contributed by atoms with Gasteiger partial charge < -0.3 is 29.2 Å². The molecule has 3 aromatic carbocycles. The zero-order valence-corrected chi connectivity index (χ0v) is 26.6. The zero-order chi connectivity index (χ0) is 33.5. The van der Waals surface area contributed by atoms with Crippen molar-refractivity contribution >= 4 is 11.6 Å². The van der Waals surface area contributed by atoms with Crippen LogP contribution in [-0.2, 0) is 22.4 Å². The van der Waals surface area contributed by atoms with E-state index in [1.807, 2.05) is 66.7 Å². The van der Waals surface area contributed by atoms with Gasteiger partial charge in [0.15, 0.2) is 22.7 Å². The number of methoxy groups -OCH3 is 1. The molecule has 2 N–H and O–H groups in total. The maximum atomic E-state index is 13.4. The molecule has 2 aromatic heterocycles. The van der Waals surface area contributed by atoms with Crippen LogP contribution >= 0.6 is 0 Å². The van der Waals surface area contributed by atoms with Crippen molar-refractivity contribution in [3.8, 4) is 44.9 Å². The lowest BCUT2D eigenvalue weighted by molar-refractivity contribution is -0.101. The third-order valence-corrected chi connectivity index (χ3v) is 8.16. The van der Waals surface area contributed by atoms with Crippen molar-refractivity contribution in [2.24, 2.45) is 0 Å². The van der Waals surface area contributed by atoms with Gasteiger partial charge in [-0.1, -0.05) is 60.7 Å². The van der Waals surface area contributed by atoms with Gasteiger partial charge in [-0.3, -0.25) is 9.59 Å². The van der Waals surface area contributed by atoms with Gasteiger partial charge in [-0.15, -0.1) is 0 Å². The van der Waals surface area contributed by atoms with Gasteiger partial charge in [-0.05, 0) is 40.5 Å². The van der Waals surface area contributed by atoms with Crippen LogP contribution in [0, 0.1) is 0 Å². The van der Waals surface area contributed by atoms with E-state index < -0.39 is 6.67 Å². The maximum Gasteiger partial charge on any atom is 0.200 e. The van der Waals surface area contributed by atoms with Crippen molar-refractivity contribution in [2.75, 3.05) is 45.9 Å². The second kappa shape index (κ2) is 15.1.